The quantitative estimate of drug-likeness (QED) is 0.736. The van der Waals surface area contributed by atoms with Crippen molar-refractivity contribution in [3.63, 3.8) is 0 Å². The van der Waals surface area contributed by atoms with Gasteiger partial charge in [0.05, 0.1) is 12.3 Å². The minimum atomic E-state index is -0.195. The molecule has 19 heavy (non-hydrogen) atoms. The van der Waals surface area contributed by atoms with E-state index in [-0.39, 0.29) is 11.9 Å². The van der Waals surface area contributed by atoms with Crippen LogP contribution in [0.25, 0.3) is 0 Å². The van der Waals surface area contributed by atoms with Crippen LogP contribution in [0.2, 0.25) is 0 Å². The maximum atomic E-state index is 14.0. The fraction of sp³-hybridized carbons (Fsp3) is 0.600. The van der Waals surface area contributed by atoms with Crippen LogP contribution >= 0.6 is 0 Å². The van der Waals surface area contributed by atoms with Gasteiger partial charge in [0, 0.05) is 26.2 Å². The average molecular weight is 268 g/mol. The second-order valence-electron chi connectivity index (χ2n) is 4.74. The number of benzene rings is 1. The number of nitrogens with two attached hydrogens (primary N) is 1. The molecule has 1 aromatic rings. The molecular weight excluding hydrogens is 243 g/mol. The van der Waals surface area contributed by atoms with E-state index in [2.05, 4.69) is 0 Å². The molecule has 0 aromatic heterocycles. The molecule has 4 heteroatoms. The first-order valence-corrected chi connectivity index (χ1v) is 6.91. The minimum absolute atomic E-state index is 0.0702. The number of hydrogen-bond donors (Lipinski definition) is 1. The van der Waals surface area contributed by atoms with Crippen LogP contribution in [-0.4, -0.2) is 32.8 Å². The van der Waals surface area contributed by atoms with Gasteiger partial charge >= 0.3 is 0 Å². The summed E-state index contributed by atoms with van der Waals surface area (Å²) in [5, 5.41) is 0. The first-order chi connectivity index (χ1) is 9.10. The molecule has 0 aliphatic heterocycles. The number of anilines is 1. The summed E-state index contributed by atoms with van der Waals surface area (Å²) < 4.78 is 19.4. The van der Waals surface area contributed by atoms with Gasteiger partial charge in [0.15, 0.2) is 0 Å². The third kappa shape index (κ3) is 4.80. The summed E-state index contributed by atoms with van der Waals surface area (Å²) in [4.78, 5) is 1.91. The summed E-state index contributed by atoms with van der Waals surface area (Å²) in [5.74, 6) is -0.195. The summed E-state index contributed by atoms with van der Waals surface area (Å²) >= 11 is 0. The van der Waals surface area contributed by atoms with Crippen molar-refractivity contribution in [2.75, 3.05) is 31.7 Å². The maximum Gasteiger partial charge on any atom is 0.146 e. The molecule has 0 heterocycles. The van der Waals surface area contributed by atoms with E-state index in [1.807, 2.05) is 31.9 Å². The Morgan fingerprint density at radius 2 is 2.11 bits per heavy atom. The van der Waals surface area contributed by atoms with Gasteiger partial charge in [-0.05, 0) is 31.4 Å². The molecule has 0 radical (unpaired) electrons. The van der Waals surface area contributed by atoms with Gasteiger partial charge in [-0.2, -0.15) is 0 Å². The standard InChI is InChI=1S/C15H25FN2O/c1-4-13(17)11-12-7-6-8-14(16)15(12)18(3)9-10-19-5-2/h6-8,13H,4-5,9-11,17H2,1-3H3. The highest BCUT2D eigenvalue weighted by atomic mass is 19.1. The highest BCUT2D eigenvalue weighted by Crippen LogP contribution is 2.24. The number of halogens is 1. The molecule has 0 saturated carbocycles. The predicted octanol–water partition coefficient (Wildman–Crippen LogP) is 2.58. The molecule has 108 valence electrons. The number of ether oxygens (including phenoxy) is 1. The zero-order chi connectivity index (χ0) is 14.3. The number of hydrogen-bond acceptors (Lipinski definition) is 3. The lowest BCUT2D eigenvalue weighted by molar-refractivity contribution is 0.154. The van der Waals surface area contributed by atoms with E-state index in [0.717, 1.165) is 12.0 Å². The lowest BCUT2D eigenvalue weighted by atomic mass is 10.0. The summed E-state index contributed by atoms with van der Waals surface area (Å²) in [6.07, 6.45) is 1.58. The lowest BCUT2D eigenvalue weighted by Crippen LogP contribution is -2.27. The van der Waals surface area contributed by atoms with Crippen LogP contribution < -0.4 is 10.6 Å². The van der Waals surface area contributed by atoms with Gasteiger partial charge in [-0.25, -0.2) is 4.39 Å². The molecule has 0 aliphatic carbocycles. The number of nitrogens with zero attached hydrogens (tertiary/aromatic N) is 1. The molecule has 1 unspecified atom stereocenters. The molecule has 1 rings (SSSR count). The number of likely N-dealkylation sites (N-methyl/N-ethyl adjacent to an activating group) is 1. The molecular formula is C15H25FN2O. The van der Waals surface area contributed by atoms with E-state index in [1.54, 1.807) is 6.07 Å². The van der Waals surface area contributed by atoms with Crippen molar-refractivity contribution in [3.05, 3.63) is 29.6 Å². The second kappa shape index (κ2) is 8.12. The number of para-hydroxylation sites is 1. The van der Waals surface area contributed by atoms with Crippen LogP contribution in [0.1, 0.15) is 25.8 Å². The van der Waals surface area contributed by atoms with Crippen molar-refractivity contribution in [2.24, 2.45) is 5.73 Å². The second-order valence-corrected chi connectivity index (χ2v) is 4.74. The molecule has 0 saturated heterocycles. The van der Waals surface area contributed by atoms with E-state index in [9.17, 15) is 4.39 Å². The van der Waals surface area contributed by atoms with E-state index in [4.69, 9.17) is 10.5 Å². The average Bonchev–Trinajstić information content (AvgIpc) is 2.38. The Labute approximate surface area is 115 Å². The van der Waals surface area contributed by atoms with Crippen molar-refractivity contribution in [1.82, 2.24) is 0 Å². The third-order valence-corrected chi connectivity index (χ3v) is 3.23. The summed E-state index contributed by atoms with van der Waals surface area (Å²) in [7, 11) is 1.89. The Morgan fingerprint density at radius 1 is 1.37 bits per heavy atom. The highest BCUT2D eigenvalue weighted by Gasteiger charge is 2.14. The monoisotopic (exact) mass is 268 g/mol. The van der Waals surface area contributed by atoms with E-state index < -0.39 is 0 Å². The smallest absolute Gasteiger partial charge is 0.146 e. The summed E-state index contributed by atoms with van der Waals surface area (Å²) in [5.41, 5.74) is 7.59. The summed E-state index contributed by atoms with van der Waals surface area (Å²) in [6, 6.07) is 5.26. The zero-order valence-corrected chi connectivity index (χ0v) is 12.2. The maximum absolute atomic E-state index is 14.0. The lowest BCUT2D eigenvalue weighted by Gasteiger charge is -2.24. The van der Waals surface area contributed by atoms with Gasteiger partial charge in [-0.15, -0.1) is 0 Å². The van der Waals surface area contributed by atoms with Crippen LogP contribution in [0.5, 0.6) is 0 Å². The highest BCUT2D eigenvalue weighted by molar-refractivity contribution is 5.54. The Morgan fingerprint density at radius 3 is 2.74 bits per heavy atom. The Kier molecular flexibility index (Phi) is 6.81. The van der Waals surface area contributed by atoms with E-state index in [0.29, 0.717) is 31.9 Å². The topological polar surface area (TPSA) is 38.5 Å². The fourth-order valence-corrected chi connectivity index (χ4v) is 2.04. The van der Waals surface area contributed by atoms with Crippen LogP contribution in [0.4, 0.5) is 10.1 Å². The van der Waals surface area contributed by atoms with E-state index >= 15 is 0 Å². The normalized spacial score (nSPS) is 12.5. The molecule has 3 nitrogen and oxygen atoms in total. The molecule has 0 amide bonds. The van der Waals surface area contributed by atoms with Gasteiger partial charge in [-0.3, -0.25) is 0 Å². The van der Waals surface area contributed by atoms with Gasteiger partial charge in [0.1, 0.15) is 5.82 Å². The van der Waals surface area contributed by atoms with Crippen molar-refractivity contribution in [2.45, 2.75) is 32.7 Å². The van der Waals surface area contributed by atoms with Crippen molar-refractivity contribution >= 4 is 5.69 Å². The first kappa shape index (κ1) is 15.9. The van der Waals surface area contributed by atoms with Crippen molar-refractivity contribution in [1.29, 1.82) is 0 Å². The molecule has 0 fully saturated rings. The van der Waals surface area contributed by atoms with Gasteiger partial charge in [0.25, 0.3) is 0 Å². The van der Waals surface area contributed by atoms with Crippen LogP contribution in [0.3, 0.4) is 0 Å². The Bertz CT molecular complexity index is 384. The Hall–Kier alpha value is -1.13. The van der Waals surface area contributed by atoms with Crippen LogP contribution in [-0.2, 0) is 11.2 Å². The van der Waals surface area contributed by atoms with Crippen molar-refractivity contribution < 1.29 is 9.13 Å². The SMILES string of the molecule is CCOCCN(C)c1c(F)cccc1CC(N)CC. The van der Waals surface area contributed by atoms with Gasteiger partial charge < -0.3 is 15.4 Å². The van der Waals surface area contributed by atoms with Crippen molar-refractivity contribution in [3.8, 4) is 0 Å². The predicted molar refractivity (Wildman–Crippen MR) is 78.1 cm³/mol. The molecule has 1 atom stereocenters. The largest absolute Gasteiger partial charge is 0.380 e. The third-order valence-electron chi connectivity index (χ3n) is 3.23. The molecule has 2 N–H and O–H groups in total. The Balaban J connectivity index is 2.84. The van der Waals surface area contributed by atoms with Gasteiger partial charge in [-0.1, -0.05) is 19.1 Å². The number of rotatable bonds is 8. The molecule has 0 aliphatic rings. The molecule has 0 spiro atoms. The van der Waals surface area contributed by atoms with Crippen LogP contribution in [0.15, 0.2) is 18.2 Å². The molecule has 0 bridgehead atoms. The molecule has 1 aromatic carbocycles. The van der Waals surface area contributed by atoms with Crippen LogP contribution in [0, 0.1) is 5.82 Å². The fourth-order valence-electron chi connectivity index (χ4n) is 2.04. The summed E-state index contributed by atoms with van der Waals surface area (Å²) in [6.45, 7) is 5.94. The minimum Gasteiger partial charge on any atom is -0.380 e. The van der Waals surface area contributed by atoms with E-state index in [1.165, 1.54) is 6.07 Å². The van der Waals surface area contributed by atoms with Gasteiger partial charge in [0.2, 0.25) is 0 Å². The first-order valence-electron chi connectivity index (χ1n) is 6.91. The zero-order valence-electron chi connectivity index (χ0n) is 12.2.